The van der Waals surface area contributed by atoms with Crippen molar-refractivity contribution in [2.45, 2.75) is 46.2 Å². The van der Waals surface area contributed by atoms with E-state index in [1.165, 1.54) is 45.3 Å². The van der Waals surface area contributed by atoms with Gasteiger partial charge in [0.2, 0.25) is 0 Å². The molecule has 2 aromatic rings. The van der Waals surface area contributed by atoms with Crippen LogP contribution < -0.4 is 21.3 Å². The number of carbonyl (C=O) groups is 3. The minimum absolute atomic E-state index is 0.0244. The van der Waals surface area contributed by atoms with Crippen LogP contribution in [0.5, 0.6) is 0 Å². The van der Waals surface area contributed by atoms with Gasteiger partial charge in [0.25, 0.3) is 11.8 Å². The molecule has 0 aliphatic rings. The van der Waals surface area contributed by atoms with Crippen molar-refractivity contribution in [1.29, 1.82) is 0 Å². The Kier molecular flexibility index (Phi) is 13.3. The van der Waals surface area contributed by atoms with E-state index in [1.54, 1.807) is 26.0 Å². The maximum atomic E-state index is 13.7. The topological polar surface area (TPSA) is 133 Å². The minimum Gasteiger partial charge on any atom is -0.383 e. The van der Waals surface area contributed by atoms with Crippen molar-refractivity contribution in [2.75, 3.05) is 24.7 Å². The third kappa shape index (κ3) is 10.4. The molecule has 0 fully saturated rings. The molecule has 196 valence electrons. The van der Waals surface area contributed by atoms with Crippen LogP contribution in [-0.4, -0.2) is 49.4 Å². The number of hydrogen-bond acceptors (Lipinski definition) is 7. The second kappa shape index (κ2) is 15.0. The number of ketones is 1. The van der Waals surface area contributed by atoms with Gasteiger partial charge in [-0.15, -0.1) is 0 Å². The zero-order valence-electron chi connectivity index (χ0n) is 21.3. The van der Waals surface area contributed by atoms with E-state index in [-0.39, 0.29) is 29.1 Å². The van der Waals surface area contributed by atoms with Crippen molar-refractivity contribution in [3.8, 4) is 0 Å². The predicted molar refractivity (Wildman–Crippen MR) is 132 cm³/mol. The summed E-state index contributed by atoms with van der Waals surface area (Å²) in [5.41, 5.74) is 0.395. The van der Waals surface area contributed by atoms with E-state index in [4.69, 9.17) is 9.59 Å². The Morgan fingerprint density at radius 2 is 1.22 bits per heavy atom. The van der Waals surface area contributed by atoms with Crippen molar-refractivity contribution >= 4 is 35.1 Å². The third-order valence-electron chi connectivity index (χ3n) is 4.67. The number of anilines is 2. The van der Waals surface area contributed by atoms with Crippen LogP contribution in [0, 0.1) is 11.6 Å². The number of hydrogen-bond donors (Lipinski definition) is 4. The number of benzene rings is 2. The first kappa shape index (κ1) is 31.9. The highest BCUT2D eigenvalue weighted by Gasteiger charge is 2.23. The molecule has 9 nitrogen and oxygen atoms in total. The molecule has 0 atom stereocenters. The summed E-state index contributed by atoms with van der Waals surface area (Å²) >= 11 is 0. The Morgan fingerprint density at radius 1 is 0.833 bits per heavy atom. The predicted octanol–water partition coefficient (Wildman–Crippen LogP) is 3.39. The summed E-state index contributed by atoms with van der Waals surface area (Å²) < 4.78 is 27.1. The number of amides is 2. The van der Waals surface area contributed by atoms with Gasteiger partial charge in [0, 0.05) is 31.5 Å². The van der Waals surface area contributed by atoms with Crippen LogP contribution in [-0.2, 0) is 14.4 Å². The fraction of sp³-hybridized carbons (Fsp3) is 0.360. The standard InChI is InChI=1S/C13H17FN2O2.C11H15FN2O.CO2/c1-8(17)13(2,3)16-9-5-6-10(11(14)7-9)12(18)15-4;1-7(2)14-8-4-5-9(10(12)6-8)11(15)13-3;2-1-3/h5-7,16H,1-4H3,(H,15,18);4-7,14H,1-3H3,(H,13,15);. The van der Waals surface area contributed by atoms with Crippen LogP contribution in [0.25, 0.3) is 0 Å². The highest BCUT2D eigenvalue weighted by Crippen LogP contribution is 2.19. The molecule has 11 heteroatoms. The summed E-state index contributed by atoms with van der Waals surface area (Å²) in [7, 11) is 2.91. The molecule has 0 unspecified atom stereocenters. The highest BCUT2D eigenvalue weighted by atomic mass is 19.1. The first-order valence-corrected chi connectivity index (χ1v) is 10.8. The lowest BCUT2D eigenvalue weighted by Crippen LogP contribution is -2.38. The number of rotatable bonds is 7. The second-order valence-electron chi connectivity index (χ2n) is 8.24. The first-order chi connectivity index (χ1) is 16.7. The van der Waals surface area contributed by atoms with Gasteiger partial charge in [-0.2, -0.15) is 9.59 Å². The van der Waals surface area contributed by atoms with Crippen LogP contribution in [0.1, 0.15) is 55.3 Å². The highest BCUT2D eigenvalue weighted by molar-refractivity contribution is 5.95. The van der Waals surface area contributed by atoms with Crippen LogP contribution in [0.15, 0.2) is 36.4 Å². The smallest absolute Gasteiger partial charge is 0.373 e. The fourth-order valence-electron chi connectivity index (χ4n) is 2.62. The zero-order valence-corrected chi connectivity index (χ0v) is 21.3. The number of Topliss-reactive ketones (excluding diaryl/α,β-unsaturated/α-hetero) is 1. The zero-order chi connectivity index (χ0) is 28.1. The molecule has 0 heterocycles. The van der Waals surface area contributed by atoms with Gasteiger partial charge in [-0.25, -0.2) is 8.78 Å². The largest absolute Gasteiger partial charge is 0.383 e. The lowest BCUT2D eigenvalue weighted by molar-refractivity contribution is -0.191. The second-order valence-corrected chi connectivity index (χ2v) is 8.24. The van der Waals surface area contributed by atoms with E-state index in [1.807, 2.05) is 13.8 Å². The van der Waals surface area contributed by atoms with E-state index in [9.17, 15) is 23.2 Å². The number of halogens is 2. The van der Waals surface area contributed by atoms with E-state index in [0.29, 0.717) is 11.4 Å². The van der Waals surface area contributed by atoms with Gasteiger partial charge >= 0.3 is 6.15 Å². The van der Waals surface area contributed by atoms with Crippen molar-refractivity contribution in [1.82, 2.24) is 10.6 Å². The van der Waals surface area contributed by atoms with Crippen LogP contribution in [0.4, 0.5) is 20.2 Å². The van der Waals surface area contributed by atoms with Gasteiger partial charge in [-0.1, -0.05) is 0 Å². The summed E-state index contributed by atoms with van der Waals surface area (Å²) in [6, 6.07) is 8.87. The summed E-state index contributed by atoms with van der Waals surface area (Å²) in [6.07, 6.45) is 0.250. The molecule has 2 aromatic carbocycles. The quantitative estimate of drug-likeness (QED) is 0.452. The lowest BCUT2D eigenvalue weighted by atomic mass is 10.00. The Hall–Kier alpha value is -4.11. The van der Waals surface area contributed by atoms with E-state index in [0.717, 1.165) is 0 Å². The maximum Gasteiger partial charge on any atom is 0.373 e. The molecule has 4 N–H and O–H groups in total. The normalized spacial score (nSPS) is 9.94. The molecule has 0 aliphatic carbocycles. The lowest BCUT2D eigenvalue weighted by Gasteiger charge is -2.24. The maximum absolute atomic E-state index is 13.7. The number of nitrogens with one attached hydrogen (secondary N) is 4. The molecular weight excluding hydrogens is 474 g/mol. The molecule has 0 bridgehead atoms. The van der Waals surface area contributed by atoms with Gasteiger partial charge in [-0.05, 0) is 71.0 Å². The Balaban J connectivity index is 0.000000621. The average Bonchev–Trinajstić information content (AvgIpc) is 2.78. The van der Waals surface area contributed by atoms with Crippen molar-refractivity contribution in [3.63, 3.8) is 0 Å². The van der Waals surface area contributed by atoms with Crippen LogP contribution in [0.2, 0.25) is 0 Å². The molecule has 0 radical (unpaired) electrons. The van der Waals surface area contributed by atoms with Gasteiger partial charge in [0.1, 0.15) is 11.6 Å². The molecule has 0 aliphatic heterocycles. The summed E-state index contributed by atoms with van der Waals surface area (Å²) in [5, 5.41) is 10.7. The average molecular weight is 507 g/mol. The fourth-order valence-corrected chi connectivity index (χ4v) is 2.62. The molecule has 0 saturated carbocycles. The van der Waals surface area contributed by atoms with Crippen LogP contribution >= 0.6 is 0 Å². The van der Waals surface area contributed by atoms with E-state index in [2.05, 4.69) is 21.3 Å². The summed E-state index contributed by atoms with van der Waals surface area (Å²) in [4.78, 5) is 50.1. The number of carbonyl (C=O) groups excluding carboxylic acids is 5. The van der Waals surface area contributed by atoms with E-state index < -0.39 is 29.0 Å². The molecule has 36 heavy (non-hydrogen) atoms. The van der Waals surface area contributed by atoms with Crippen LogP contribution in [0.3, 0.4) is 0 Å². The van der Waals surface area contributed by atoms with Gasteiger partial charge in [-0.3, -0.25) is 14.4 Å². The SMILES string of the molecule is CNC(=O)c1ccc(NC(C)(C)C(C)=O)cc1F.CNC(=O)c1ccc(NC(C)C)cc1F.O=C=O. The van der Waals surface area contributed by atoms with E-state index >= 15 is 0 Å². The monoisotopic (exact) mass is 506 g/mol. The Labute approximate surface area is 209 Å². The van der Waals surface area contributed by atoms with Crippen molar-refractivity contribution < 1.29 is 32.8 Å². The van der Waals surface area contributed by atoms with Gasteiger partial charge < -0.3 is 21.3 Å². The molecule has 2 amide bonds. The summed E-state index contributed by atoms with van der Waals surface area (Å²) in [5.74, 6) is -2.09. The molecule has 0 saturated heterocycles. The Bertz CT molecular complexity index is 1100. The minimum atomic E-state index is -0.777. The first-order valence-electron chi connectivity index (χ1n) is 10.8. The summed E-state index contributed by atoms with van der Waals surface area (Å²) in [6.45, 7) is 8.80. The Morgan fingerprint density at radius 3 is 1.56 bits per heavy atom. The molecule has 2 rings (SSSR count). The van der Waals surface area contributed by atoms with Gasteiger partial charge in [0.15, 0.2) is 5.78 Å². The third-order valence-corrected chi connectivity index (χ3v) is 4.67. The van der Waals surface area contributed by atoms with Crippen molar-refractivity contribution in [2.24, 2.45) is 0 Å². The molecular formula is C25H32F2N4O5. The van der Waals surface area contributed by atoms with Crippen molar-refractivity contribution in [3.05, 3.63) is 59.2 Å². The van der Waals surface area contributed by atoms with Gasteiger partial charge in [0.05, 0.1) is 16.7 Å². The molecule has 0 aromatic heterocycles. The molecule has 0 spiro atoms.